The molecule has 1 heterocycles. The van der Waals surface area contributed by atoms with Crippen LogP contribution in [0.15, 0.2) is 48.5 Å². The number of ether oxygens (including phenoxy) is 3. The number of carbonyl (C=O) groups excluding carboxylic acids is 2. The summed E-state index contributed by atoms with van der Waals surface area (Å²) in [6.07, 6.45) is -0.288. The predicted molar refractivity (Wildman–Crippen MR) is 147 cm³/mol. The van der Waals surface area contributed by atoms with E-state index in [1.165, 1.54) is 19.2 Å². The molecule has 1 atom stereocenters. The standard InChI is InChI=1S/C30H33FN2O6/c1-18-6-7-19(31)14-26(18)39-17-24-22(10-11-25-28(24)33(4)29(36)30(2,3)32-25)23-9-8-21(15-27(23)37-5)38-16-20(35)12-13-34/h6-11,13-15,20,32,35H,12,16-17H2,1-5H3. The Kier molecular flexibility index (Phi) is 8.11. The lowest BCUT2D eigenvalue weighted by Gasteiger charge is -2.39. The number of carbonyl (C=O) groups is 2. The summed E-state index contributed by atoms with van der Waals surface area (Å²) in [6, 6.07) is 13.5. The number of aryl methyl sites for hydroxylation is 1. The largest absolute Gasteiger partial charge is 0.496 e. The summed E-state index contributed by atoms with van der Waals surface area (Å²) in [4.78, 5) is 25.5. The van der Waals surface area contributed by atoms with Crippen LogP contribution in [0.1, 0.15) is 31.4 Å². The lowest BCUT2D eigenvalue weighted by molar-refractivity contribution is -0.121. The van der Waals surface area contributed by atoms with E-state index in [-0.39, 0.29) is 25.5 Å². The number of fused-ring (bicyclic) bond motifs is 1. The Hall–Kier alpha value is -4.11. The fourth-order valence-corrected chi connectivity index (χ4v) is 4.66. The van der Waals surface area contributed by atoms with Crippen LogP contribution in [0.5, 0.6) is 17.2 Å². The van der Waals surface area contributed by atoms with E-state index < -0.39 is 17.5 Å². The van der Waals surface area contributed by atoms with Crippen LogP contribution in [-0.2, 0) is 16.2 Å². The average Bonchev–Trinajstić information content (AvgIpc) is 2.90. The van der Waals surface area contributed by atoms with Gasteiger partial charge in [-0.3, -0.25) is 4.79 Å². The monoisotopic (exact) mass is 536 g/mol. The van der Waals surface area contributed by atoms with Gasteiger partial charge >= 0.3 is 0 Å². The Morgan fingerprint density at radius 1 is 1.08 bits per heavy atom. The number of aldehydes is 1. The van der Waals surface area contributed by atoms with E-state index in [2.05, 4.69) is 5.32 Å². The molecule has 3 aromatic carbocycles. The molecule has 1 aliphatic heterocycles. The van der Waals surface area contributed by atoms with Crippen molar-refractivity contribution in [2.24, 2.45) is 0 Å². The van der Waals surface area contributed by atoms with Crippen molar-refractivity contribution >= 4 is 23.6 Å². The minimum atomic E-state index is -0.909. The van der Waals surface area contributed by atoms with Crippen LogP contribution in [0.3, 0.4) is 0 Å². The fraction of sp³-hybridized carbons (Fsp3) is 0.333. The molecule has 1 unspecified atom stereocenters. The number of amides is 1. The van der Waals surface area contributed by atoms with Crippen molar-refractivity contribution in [2.75, 3.05) is 31.0 Å². The molecule has 1 aliphatic rings. The van der Waals surface area contributed by atoms with Gasteiger partial charge in [0.15, 0.2) is 0 Å². The van der Waals surface area contributed by atoms with E-state index in [4.69, 9.17) is 14.2 Å². The summed E-state index contributed by atoms with van der Waals surface area (Å²) in [7, 11) is 3.26. The van der Waals surface area contributed by atoms with Crippen LogP contribution < -0.4 is 24.4 Å². The Morgan fingerprint density at radius 2 is 1.82 bits per heavy atom. The second-order valence-corrected chi connectivity index (χ2v) is 10.0. The van der Waals surface area contributed by atoms with Crippen LogP contribution in [-0.4, -0.2) is 49.7 Å². The van der Waals surface area contributed by atoms with E-state index in [9.17, 15) is 19.1 Å². The number of anilines is 2. The Labute approximate surface area is 227 Å². The van der Waals surface area contributed by atoms with E-state index in [0.717, 1.165) is 22.4 Å². The highest BCUT2D eigenvalue weighted by Crippen LogP contribution is 2.45. The summed E-state index contributed by atoms with van der Waals surface area (Å²) in [5.74, 6) is 0.847. The first-order chi connectivity index (χ1) is 18.6. The zero-order valence-corrected chi connectivity index (χ0v) is 22.7. The molecule has 0 saturated heterocycles. The zero-order chi connectivity index (χ0) is 28.3. The van der Waals surface area contributed by atoms with Crippen LogP contribution in [0.2, 0.25) is 0 Å². The summed E-state index contributed by atoms with van der Waals surface area (Å²) in [5, 5.41) is 13.2. The molecule has 0 saturated carbocycles. The van der Waals surface area contributed by atoms with E-state index >= 15 is 0 Å². The van der Waals surface area contributed by atoms with Crippen molar-refractivity contribution in [1.29, 1.82) is 0 Å². The third kappa shape index (κ3) is 5.83. The third-order valence-electron chi connectivity index (χ3n) is 6.70. The maximum Gasteiger partial charge on any atom is 0.251 e. The number of hydrogen-bond donors (Lipinski definition) is 2. The van der Waals surface area contributed by atoms with Crippen molar-refractivity contribution in [3.05, 3.63) is 65.5 Å². The zero-order valence-electron chi connectivity index (χ0n) is 22.7. The van der Waals surface area contributed by atoms with Gasteiger partial charge in [-0.15, -0.1) is 0 Å². The van der Waals surface area contributed by atoms with Gasteiger partial charge in [-0.1, -0.05) is 12.1 Å². The lowest BCUT2D eigenvalue weighted by atomic mass is 9.91. The number of nitrogens with zero attached hydrogens (tertiary/aromatic N) is 1. The average molecular weight is 537 g/mol. The van der Waals surface area contributed by atoms with Gasteiger partial charge in [0, 0.05) is 36.7 Å². The molecule has 8 nitrogen and oxygen atoms in total. The van der Waals surface area contributed by atoms with Gasteiger partial charge in [0.25, 0.3) is 5.91 Å². The molecule has 3 aromatic rings. The van der Waals surface area contributed by atoms with Crippen molar-refractivity contribution < 1.29 is 33.3 Å². The molecule has 0 radical (unpaired) electrons. The van der Waals surface area contributed by atoms with E-state index in [1.807, 2.05) is 39.0 Å². The molecule has 0 bridgehead atoms. The predicted octanol–water partition coefficient (Wildman–Crippen LogP) is 4.88. The number of hydrogen-bond acceptors (Lipinski definition) is 7. The summed E-state index contributed by atoms with van der Waals surface area (Å²) in [6.45, 7) is 5.50. The molecular formula is C30H33FN2O6. The number of benzene rings is 3. The number of rotatable bonds is 10. The lowest BCUT2D eigenvalue weighted by Crippen LogP contribution is -2.52. The third-order valence-corrected chi connectivity index (χ3v) is 6.70. The van der Waals surface area contributed by atoms with Crippen LogP contribution >= 0.6 is 0 Å². The van der Waals surface area contributed by atoms with Crippen molar-refractivity contribution in [1.82, 2.24) is 0 Å². The number of methoxy groups -OCH3 is 1. The smallest absolute Gasteiger partial charge is 0.251 e. The Balaban J connectivity index is 1.79. The number of aliphatic hydroxyl groups is 1. The SMILES string of the molecule is COc1cc(OCC(O)CC=O)ccc1-c1ccc2c(c1COc1cc(F)ccc1C)N(C)C(=O)C(C)(C)N2. The van der Waals surface area contributed by atoms with Crippen molar-refractivity contribution in [3.63, 3.8) is 0 Å². The number of aliphatic hydroxyl groups excluding tert-OH is 1. The van der Waals surface area contributed by atoms with E-state index in [1.54, 1.807) is 30.1 Å². The van der Waals surface area contributed by atoms with Gasteiger partial charge in [0.05, 0.1) is 24.6 Å². The first kappa shape index (κ1) is 27.9. The minimum absolute atomic E-state index is 0.0183. The molecular weight excluding hydrogens is 503 g/mol. The highest BCUT2D eigenvalue weighted by molar-refractivity contribution is 6.08. The van der Waals surface area contributed by atoms with Gasteiger partial charge in [0.1, 0.15) is 48.1 Å². The number of halogens is 1. The fourth-order valence-electron chi connectivity index (χ4n) is 4.66. The molecule has 39 heavy (non-hydrogen) atoms. The second kappa shape index (κ2) is 11.3. The quantitative estimate of drug-likeness (QED) is 0.356. The first-order valence-corrected chi connectivity index (χ1v) is 12.6. The van der Waals surface area contributed by atoms with Gasteiger partial charge in [-0.25, -0.2) is 4.39 Å². The maximum absolute atomic E-state index is 14.0. The topological polar surface area (TPSA) is 97.3 Å². The van der Waals surface area contributed by atoms with Crippen LogP contribution in [0, 0.1) is 12.7 Å². The summed E-state index contributed by atoms with van der Waals surface area (Å²) >= 11 is 0. The Morgan fingerprint density at radius 3 is 2.54 bits per heavy atom. The molecule has 1 amide bonds. The molecule has 0 aliphatic carbocycles. The number of likely N-dealkylation sites (N-methyl/N-ethyl adjacent to an activating group) is 1. The molecule has 9 heteroatoms. The van der Waals surface area contributed by atoms with Gasteiger partial charge in [0.2, 0.25) is 0 Å². The molecule has 206 valence electrons. The van der Waals surface area contributed by atoms with Gasteiger partial charge < -0.3 is 34.3 Å². The Bertz CT molecular complexity index is 1390. The molecule has 2 N–H and O–H groups in total. The first-order valence-electron chi connectivity index (χ1n) is 12.6. The highest BCUT2D eigenvalue weighted by Gasteiger charge is 2.38. The van der Waals surface area contributed by atoms with Crippen molar-refractivity contribution in [2.45, 2.75) is 45.4 Å². The van der Waals surface area contributed by atoms with Crippen LogP contribution in [0.25, 0.3) is 11.1 Å². The molecule has 4 rings (SSSR count). The minimum Gasteiger partial charge on any atom is -0.496 e. The van der Waals surface area contributed by atoms with Gasteiger partial charge in [-0.05, 0) is 56.2 Å². The van der Waals surface area contributed by atoms with E-state index in [0.29, 0.717) is 34.8 Å². The summed E-state index contributed by atoms with van der Waals surface area (Å²) in [5.41, 5.74) is 3.60. The maximum atomic E-state index is 14.0. The van der Waals surface area contributed by atoms with Crippen molar-refractivity contribution in [3.8, 4) is 28.4 Å². The highest BCUT2D eigenvalue weighted by atomic mass is 19.1. The van der Waals surface area contributed by atoms with Crippen LogP contribution in [0.4, 0.5) is 15.8 Å². The summed E-state index contributed by atoms with van der Waals surface area (Å²) < 4.78 is 31.4. The molecule has 0 aromatic heterocycles. The normalized spacial score (nSPS) is 14.7. The molecule has 0 spiro atoms. The van der Waals surface area contributed by atoms with Gasteiger partial charge in [-0.2, -0.15) is 0 Å². The second-order valence-electron chi connectivity index (χ2n) is 10.0. The molecule has 0 fully saturated rings. The number of nitrogens with one attached hydrogen (secondary N) is 1.